The van der Waals surface area contributed by atoms with Crippen molar-refractivity contribution in [2.45, 2.75) is 19.8 Å². The fourth-order valence-electron chi connectivity index (χ4n) is 1.17. The molecule has 0 saturated carbocycles. The molecule has 0 fully saturated rings. The molecule has 0 aliphatic heterocycles. The number of hydrogen-bond donors (Lipinski definition) is 1. The number of esters is 1. The van der Waals surface area contributed by atoms with Crippen LogP contribution in [-0.4, -0.2) is 17.7 Å². The molecule has 0 unspecified atom stereocenters. The number of ether oxygens (including phenoxy) is 1. The van der Waals surface area contributed by atoms with E-state index in [9.17, 15) is 4.79 Å². The van der Waals surface area contributed by atoms with Gasteiger partial charge in [-0.2, -0.15) is 0 Å². The zero-order valence-corrected chi connectivity index (χ0v) is 10.4. The van der Waals surface area contributed by atoms with Crippen molar-refractivity contribution in [3.05, 3.63) is 34.9 Å². The predicted molar refractivity (Wildman–Crippen MR) is 68.0 cm³/mol. The number of benzene rings is 1. The molecule has 0 saturated heterocycles. The van der Waals surface area contributed by atoms with Crippen molar-refractivity contribution in [2.24, 2.45) is 0 Å². The van der Waals surface area contributed by atoms with Crippen molar-refractivity contribution in [1.82, 2.24) is 0 Å². The quantitative estimate of drug-likeness (QED) is 0.498. The van der Waals surface area contributed by atoms with Crippen LogP contribution in [0.25, 0.3) is 6.08 Å². The number of halogens is 1. The van der Waals surface area contributed by atoms with E-state index in [4.69, 9.17) is 21.4 Å². The van der Waals surface area contributed by atoms with Gasteiger partial charge in [-0.15, -0.1) is 0 Å². The largest absolute Gasteiger partial charge is 0.508 e. The van der Waals surface area contributed by atoms with E-state index in [1.807, 2.05) is 6.92 Å². The summed E-state index contributed by atoms with van der Waals surface area (Å²) in [6, 6.07) is 4.56. The normalized spacial score (nSPS) is 10.7. The van der Waals surface area contributed by atoms with Crippen LogP contribution in [0.2, 0.25) is 5.02 Å². The van der Waals surface area contributed by atoms with Gasteiger partial charge in [0.25, 0.3) is 0 Å². The predicted octanol–water partition coefficient (Wildman–Crippen LogP) is 3.40. The number of phenols is 1. The first-order chi connectivity index (χ1) is 8.13. The highest BCUT2D eigenvalue weighted by Crippen LogP contribution is 2.22. The summed E-state index contributed by atoms with van der Waals surface area (Å²) in [5.41, 5.74) is 0.664. The molecular formula is C13H15ClO3. The van der Waals surface area contributed by atoms with Gasteiger partial charge in [-0.25, -0.2) is 4.79 Å². The average Bonchev–Trinajstić information content (AvgIpc) is 2.28. The molecule has 0 aliphatic rings. The third-order valence-electron chi connectivity index (χ3n) is 2.13. The Morgan fingerprint density at radius 3 is 2.94 bits per heavy atom. The van der Waals surface area contributed by atoms with E-state index in [2.05, 4.69) is 0 Å². The summed E-state index contributed by atoms with van der Waals surface area (Å²) < 4.78 is 4.95. The average molecular weight is 255 g/mol. The number of phenolic OH excluding ortho intramolecular Hbond substituents is 1. The topological polar surface area (TPSA) is 46.5 Å². The second-order valence-electron chi connectivity index (χ2n) is 3.56. The molecule has 1 rings (SSSR count). The summed E-state index contributed by atoms with van der Waals surface area (Å²) in [7, 11) is 0. The van der Waals surface area contributed by atoms with E-state index in [-0.39, 0.29) is 11.7 Å². The summed E-state index contributed by atoms with van der Waals surface area (Å²) in [4.78, 5) is 11.3. The minimum absolute atomic E-state index is 0.0951. The van der Waals surface area contributed by atoms with Crippen LogP contribution in [0.15, 0.2) is 24.3 Å². The van der Waals surface area contributed by atoms with Crippen LogP contribution < -0.4 is 0 Å². The fourth-order valence-corrected chi connectivity index (χ4v) is 1.41. The first-order valence-corrected chi connectivity index (χ1v) is 5.84. The van der Waals surface area contributed by atoms with Gasteiger partial charge in [0.1, 0.15) is 5.75 Å². The fraction of sp³-hybridized carbons (Fsp3) is 0.308. The third kappa shape index (κ3) is 4.91. The first-order valence-electron chi connectivity index (χ1n) is 5.47. The Morgan fingerprint density at radius 2 is 2.29 bits per heavy atom. The van der Waals surface area contributed by atoms with Gasteiger partial charge >= 0.3 is 5.97 Å². The molecule has 0 radical (unpaired) electrons. The zero-order valence-electron chi connectivity index (χ0n) is 9.65. The van der Waals surface area contributed by atoms with Crippen LogP contribution in [0.3, 0.4) is 0 Å². The van der Waals surface area contributed by atoms with Gasteiger partial charge < -0.3 is 9.84 Å². The van der Waals surface area contributed by atoms with Gasteiger partial charge in [0.15, 0.2) is 0 Å². The van der Waals surface area contributed by atoms with Gasteiger partial charge in [0.2, 0.25) is 0 Å². The Kier molecular flexibility index (Phi) is 5.57. The zero-order chi connectivity index (χ0) is 12.7. The van der Waals surface area contributed by atoms with E-state index >= 15 is 0 Å². The van der Waals surface area contributed by atoms with Gasteiger partial charge in [-0.05, 0) is 36.3 Å². The summed E-state index contributed by atoms with van der Waals surface area (Å²) in [5, 5.41) is 9.55. The van der Waals surface area contributed by atoms with Crippen molar-refractivity contribution in [1.29, 1.82) is 0 Å². The number of rotatable bonds is 5. The Balaban J connectivity index is 2.55. The van der Waals surface area contributed by atoms with Crippen LogP contribution in [0, 0.1) is 0 Å². The van der Waals surface area contributed by atoms with Crippen molar-refractivity contribution < 1.29 is 14.6 Å². The Labute approximate surface area is 106 Å². The van der Waals surface area contributed by atoms with Crippen LogP contribution in [-0.2, 0) is 9.53 Å². The lowest BCUT2D eigenvalue weighted by Crippen LogP contribution is -2.01. The number of carbonyl (C=O) groups excluding carboxylic acids is 1. The first kappa shape index (κ1) is 13.6. The van der Waals surface area contributed by atoms with Crippen molar-refractivity contribution >= 4 is 23.6 Å². The van der Waals surface area contributed by atoms with Gasteiger partial charge in [-0.1, -0.05) is 24.9 Å². The SMILES string of the molecule is CCCCOC(=O)/C=C/c1ccc(O)cc1Cl. The molecule has 4 heteroatoms. The molecule has 0 atom stereocenters. The second-order valence-corrected chi connectivity index (χ2v) is 3.97. The Hall–Kier alpha value is -1.48. The van der Waals surface area contributed by atoms with Crippen molar-refractivity contribution in [3.8, 4) is 5.75 Å². The lowest BCUT2D eigenvalue weighted by Gasteiger charge is -2.00. The number of unbranched alkanes of at least 4 members (excludes halogenated alkanes) is 1. The minimum atomic E-state index is -0.386. The lowest BCUT2D eigenvalue weighted by atomic mass is 10.2. The van der Waals surface area contributed by atoms with Crippen molar-refractivity contribution in [2.75, 3.05) is 6.61 Å². The van der Waals surface area contributed by atoms with E-state index in [0.29, 0.717) is 17.2 Å². The molecule has 1 aromatic carbocycles. The standard InChI is InChI=1S/C13H15ClO3/c1-2-3-8-17-13(16)7-5-10-4-6-11(15)9-12(10)14/h4-7,9,15H,2-3,8H2,1H3/b7-5+. The van der Waals surface area contributed by atoms with Crippen LogP contribution in [0.5, 0.6) is 5.75 Å². The smallest absolute Gasteiger partial charge is 0.330 e. The molecular weight excluding hydrogens is 240 g/mol. The van der Waals surface area contributed by atoms with Crippen LogP contribution in [0.4, 0.5) is 0 Å². The minimum Gasteiger partial charge on any atom is -0.508 e. The second kappa shape index (κ2) is 6.97. The highest BCUT2D eigenvalue weighted by Gasteiger charge is 2.00. The Morgan fingerprint density at radius 1 is 1.53 bits per heavy atom. The molecule has 0 aromatic heterocycles. The summed E-state index contributed by atoms with van der Waals surface area (Å²) >= 11 is 5.88. The highest BCUT2D eigenvalue weighted by molar-refractivity contribution is 6.32. The summed E-state index contributed by atoms with van der Waals surface area (Å²) in [6.07, 6.45) is 4.74. The maximum absolute atomic E-state index is 11.3. The molecule has 0 bridgehead atoms. The molecule has 0 amide bonds. The number of carbonyl (C=O) groups is 1. The molecule has 1 N–H and O–H groups in total. The van der Waals surface area contributed by atoms with E-state index < -0.39 is 0 Å². The van der Waals surface area contributed by atoms with Crippen LogP contribution >= 0.6 is 11.6 Å². The van der Waals surface area contributed by atoms with E-state index in [1.165, 1.54) is 18.2 Å². The van der Waals surface area contributed by atoms with Gasteiger partial charge in [-0.3, -0.25) is 0 Å². The highest BCUT2D eigenvalue weighted by atomic mass is 35.5. The van der Waals surface area contributed by atoms with E-state index in [1.54, 1.807) is 12.1 Å². The maximum Gasteiger partial charge on any atom is 0.330 e. The lowest BCUT2D eigenvalue weighted by molar-refractivity contribution is -0.137. The Bertz CT molecular complexity index is 413. The van der Waals surface area contributed by atoms with Gasteiger partial charge in [0, 0.05) is 6.08 Å². The molecule has 0 aliphatic carbocycles. The van der Waals surface area contributed by atoms with Crippen molar-refractivity contribution in [3.63, 3.8) is 0 Å². The van der Waals surface area contributed by atoms with Gasteiger partial charge in [0.05, 0.1) is 11.6 Å². The molecule has 0 spiro atoms. The summed E-state index contributed by atoms with van der Waals surface area (Å²) in [6.45, 7) is 2.46. The molecule has 92 valence electrons. The number of aromatic hydroxyl groups is 1. The molecule has 1 aromatic rings. The van der Waals surface area contributed by atoms with Crippen LogP contribution in [0.1, 0.15) is 25.3 Å². The summed E-state index contributed by atoms with van der Waals surface area (Å²) in [5.74, 6) is -0.291. The third-order valence-corrected chi connectivity index (χ3v) is 2.45. The molecule has 17 heavy (non-hydrogen) atoms. The monoisotopic (exact) mass is 254 g/mol. The number of hydrogen-bond acceptors (Lipinski definition) is 3. The van der Waals surface area contributed by atoms with E-state index in [0.717, 1.165) is 12.8 Å². The molecule has 0 heterocycles. The maximum atomic E-state index is 11.3. The molecule has 3 nitrogen and oxygen atoms in total.